The van der Waals surface area contributed by atoms with Crippen LogP contribution in [0.1, 0.15) is 33.7 Å². The van der Waals surface area contributed by atoms with Crippen LogP contribution in [0, 0.1) is 5.92 Å². The number of hydrogen-bond acceptors (Lipinski definition) is 4. The molecule has 1 aromatic heterocycles. The maximum absolute atomic E-state index is 12.6. The van der Waals surface area contributed by atoms with Gasteiger partial charge >= 0.3 is 5.97 Å². The van der Waals surface area contributed by atoms with Crippen LogP contribution in [0.2, 0.25) is 0 Å². The second-order valence-electron chi connectivity index (χ2n) is 5.29. The van der Waals surface area contributed by atoms with Gasteiger partial charge in [0, 0.05) is 24.8 Å². The van der Waals surface area contributed by atoms with Crippen molar-refractivity contribution in [3.8, 4) is 0 Å². The summed E-state index contributed by atoms with van der Waals surface area (Å²) in [5, 5.41) is 11.7. The molecular formula is C14H15N3O4. The molecule has 3 rings (SSSR count). The van der Waals surface area contributed by atoms with Crippen molar-refractivity contribution >= 4 is 17.8 Å². The number of likely N-dealkylation sites (tertiary alicyclic amines) is 1. The highest BCUT2D eigenvalue weighted by atomic mass is 16.4. The predicted octanol–water partition coefficient (Wildman–Crippen LogP) is 0.130. The molecule has 2 aliphatic rings. The Bertz CT molecular complexity index is 616. The Balaban J connectivity index is 1.86. The number of aromatic nitrogens is 1. The van der Waals surface area contributed by atoms with Gasteiger partial charge in [-0.3, -0.25) is 9.59 Å². The third-order valence-corrected chi connectivity index (χ3v) is 4.09. The summed E-state index contributed by atoms with van der Waals surface area (Å²) in [6.07, 6.45) is 2.88. The SMILES string of the molecule is O=C(O)c1cc(C(=O)N2CCCC3C(=O)NCC32)ccn1. The molecule has 0 aliphatic carbocycles. The summed E-state index contributed by atoms with van der Waals surface area (Å²) >= 11 is 0. The molecule has 0 aromatic carbocycles. The van der Waals surface area contributed by atoms with E-state index in [1.54, 1.807) is 4.90 Å². The van der Waals surface area contributed by atoms with Gasteiger partial charge < -0.3 is 15.3 Å². The van der Waals surface area contributed by atoms with Crippen LogP contribution in [-0.4, -0.2) is 51.9 Å². The maximum atomic E-state index is 12.6. The summed E-state index contributed by atoms with van der Waals surface area (Å²) in [4.78, 5) is 40.6. The minimum atomic E-state index is -1.17. The molecule has 2 unspecified atom stereocenters. The van der Waals surface area contributed by atoms with Crippen LogP contribution in [0.5, 0.6) is 0 Å². The van der Waals surface area contributed by atoms with Crippen molar-refractivity contribution in [2.24, 2.45) is 5.92 Å². The first-order chi connectivity index (χ1) is 10.1. The van der Waals surface area contributed by atoms with Crippen LogP contribution in [0.3, 0.4) is 0 Å². The highest BCUT2D eigenvalue weighted by Gasteiger charge is 2.42. The highest BCUT2D eigenvalue weighted by molar-refractivity contribution is 5.97. The lowest BCUT2D eigenvalue weighted by molar-refractivity contribution is -0.123. The lowest BCUT2D eigenvalue weighted by atomic mass is 9.91. The molecule has 2 aliphatic heterocycles. The van der Waals surface area contributed by atoms with Gasteiger partial charge in [0.2, 0.25) is 5.91 Å². The van der Waals surface area contributed by atoms with Crippen LogP contribution in [0.25, 0.3) is 0 Å². The van der Waals surface area contributed by atoms with Crippen molar-refractivity contribution in [2.45, 2.75) is 18.9 Å². The van der Waals surface area contributed by atoms with Crippen molar-refractivity contribution in [2.75, 3.05) is 13.1 Å². The third-order valence-electron chi connectivity index (χ3n) is 4.09. The van der Waals surface area contributed by atoms with E-state index in [0.29, 0.717) is 18.7 Å². The Kier molecular flexibility index (Phi) is 3.32. The van der Waals surface area contributed by atoms with E-state index in [-0.39, 0.29) is 29.5 Å². The van der Waals surface area contributed by atoms with Gasteiger partial charge in [0.25, 0.3) is 5.91 Å². The molecule has 0 bridgehead atoms. The van der Waals surface area contributed by atoms with Gasteiger partial charge in [-0.2, -0.15) is 0 Å². The Morgan fingerprint density at radius 1 is 1.43 bits per heavy atom. The smallest absolute Gasteiger partial charge is 0.354 e. The largest absolute Gasteiger partial charge is 0.477 e. The quantitative estimate of drug-likeness (QED) is 0.806. The van der Waals surface area contributed by atoms with Crippen molar-refractivity contribution in [3.63, 3.8) is 0 Å². The summed E-state index contributed by atoms with van der Waals surface area (Å²) in [7, 11) is 0. The molecule has 2 N–H and O–H groups in total. The molecule has 2 fully saturated rings. The van der Waals surface area contributed by atoms with E-state index in [1.807, 2.05) is 0 Å². The zero-order valence-corrected chi connectivity index (χ0v) is 11.3. The highest BCUT2D eigenvalue weighted by Crippen LogP contribution is 2.28. The Labute approximate surface area is 121 Å². The molecule has 21 heavy (non-hydrogen) atoms. The molecule has 2 atom stereocenters. The molecule has 0 radical (unpaired) electrons. The van der Waals surface area contributed by atoms with Crippen LogP contribution < -0.4 is 5.32 Å². The number of carboxylic acid groups (broad SMARTS) is 1. The molecule has 7 heteroatoms. The maximum Gasteiger partial charge on any atom is 0.354 e. The first-order valence-electron chi connectivity index (χ1n) is 6.86. The summed E-state index contributed by atoms with van der Waals surface area (Å²) < 4.78 is 0. The molecule has 7 nitrogen and oxygen atoms in total. The number of hydrogen-bond donors (Lipinski definition) is 2. The zero-order valence-electron chi connectivity index (χ0n) is 11.3. The number of aromatic carboxylic acids is 1. The number of piperidine rings is 1. The first kappa shape index (κ1) is 13.5. The Hall–Kier alpha value is -2.44. The van der Waals surface area contributed by atoms with Gasteiger partial charge in [0.1, 0.15) is 5.69 Å². The van der Waals surface area contributed by atoms with Gasteiger partial charge in [-0.05, 0) is 25.0 Å². The Morgan fingerprint density at radius 2 is 2.24 bits per heavy atom. The van der Waals surface area contributed by atoms with Crippen molar-refractivity contribution in [1.29, 1.82) is 0 Å². The van der Waals surface area contributed by atoms with Gasteiger partial charge in [-0.15, -0.1) is 0 Å². The van der Waals surface area contributed by atoms with E-state index in [2.05, 4.69) is 10.3 Å². The molecule has 2 amide bonds. The molecule has 1 aromatic rings. The summed E-state index contributed by atoms with van der Waals surface area (Å²) in [6, 6.07) is 2.64. The number of carbonyl (C=O) groups excluding carboxylic acids is 2. The van der Waals surface area contributed by atoms with E-state index < -0.39 is 5.97 Å². The molecule has 0 spiro atoms. The normalized spacial score (nSPS) is 24.4. The average molecular weight is 289 g/mol. The van der Waals surface area contributed by atoms with Crippen LogP contribution in [0.15, 0.2) is 18.3 Å². The summed E-state index contributed by atoms with van der Waals surface area (Å²) in [5.74, 6) is -1.56. The lowest BCUT2D eigenvalue weighted by Gasteiger charge is -2.36. The standard InChI is InChI=1S/C14H15N3O4/c18-12-9-2-1-5-17(11(9)7-16-12)13(19)8-3-4-15-10(6-8)14(20)21/h3-4,6,9,11H,1-2,5,7H2,(H,16,18)(H,20,21). The number of rotatable bonds is 2. The monoisotopic (exact) mass is 289 g/mol. The topological polar surface area (TPSA) is 99.6 Å². The summed E-state index contributed by atoms with van der Waals surface area (Å²) in [6.45, 7) is 1.05. The van der Waals surface area contributed by atoms with Crippen molar-refractivity contribution in [1.82, 2.24) is 15.2 Å². The summed E-state index contributed by atoms with van der Waals surface area (Å²) in [5.41, 5.74) is 0.137. The van der Waals surface area contributed by atoms with E-state index in [4.69, 9.17) is 5.11 Å². The average Bonchev–Trinajstić information content (AvgIpc) is 2.88. The van der Waals surface area contributed by atoms with Crippen molar-refractivity contribution in [3.05, 3.63) is 29.6 Å². The number of pyridine rings is 1. The fraction of sp³-hybridized carbons (Fsp3) is 0.429. The number of fused-ring (bicyclic) bond motifs is 1. The lowest BCUT2D eigenvalue weighted by Crippen LogP contribution is -2.48. The minimum Gasteiger partial charge on any atom is -0.477 e. The van der Waals surface area contributed by atoms with E-state index >= 15 is 0 Å². The molecule has 3 heterocycles. The number of carboxylic acids is 1. The Morgan fingerprint density at radius 3 is 3.00 bits per heavy atom. The van der Waals surface area contributed by atoms with Gasteiger partial charge in [-0.25, -0.2) is 9.78 Å². The molecule has 0 saturated carbocycles. The number of carbonyl (C=O) groups is 3. The van der Waals surface area contributed by atoms with Gasteiger partial charge in [-0.1, -0.05) is 0 Å². The first-order valence-corrected chi connectivity index (χ1v) is 6.86. The molecule has 2 saturated heterocycles. The number of nitrogens with one attached hydrogen (secondary N) is 1. The second-order valence-corrected chi connectivity index (χ2v) is 5.29. The van der Waals surface area contributed by atoms with E-state index in [9.17, 15) is 14.4 Å². The fourth-order valence-electron chi connectivity index (χ4n) is 3.05. The van der Waals surface area contributed by atoms with Crippen LogP contribution in [0.4, 0.5) is 0 Å². The van der Waals surface area contributed by atoms with Crippen LogP contribution >= 0.6 is 0 Å². The van der Waals surface area contributed by atoms with E-state index in [0.717, 1.165) is 12.8 Å². The third kappa shape index (κ3) is 2.35. The molecule has 110 valence electrons. The number of amides is 2. The van der Waals surface area contributed by atoms with Crippen molar-refractivity contribution < 1.29 is 19.5 Å². The second kappa shape index (κ2) is 5.16. The predicted molar refractivity (Wildman–Crippen MR) is 71.8 cm³/mol. The minimum absolute atomic E-state index is 0.00143. The van der Waals surface area contributed by atoms with Crippen LogP contribution in [-0.2, 0) is 4.79 Å². The zero-order chi connectivity index (χ0) is 15.0. The fourth-order valence-corrected chi connectivity index (χ4v) is 3.05. The molecular weight excluding hydrogens is 274 g/mol. The number of nitrogens with zero attached hydrogens (tertiary/aromatic N) is 2. The van der Waals surface area contributed by atoms with Gasteiger partial charge in [0.15, 0.2) is 0 Å². The van der Waals surface area contributed by atoms with E-state index in [1.165, 1.54) is 18.3 Å². The van der Waals surface area contributed by atoms with Gasteiger partial charge in [0.05, 0.1) is 12.0 Å².